The Kier molecular flexibility index (Phi) is 4.36. The maximum absolute atomic E-state index is 12.8. The van der Waals surface area contributed by atoms with Crippen LogP contribution < -0.4 is 0 Å². The van der Waals surface area contributed by atoms with Gasteiger partial charge in [0.1, 0.15) is 11.0 Å². The molecule has 1 aliphatic carbocycles. The van der Waals surface area contributed by atoms with Gasteiger partial charge >= 0.3 is 0 Å². The molecular weight excluding hydrogens is 298 g/mol. The average molecular weight is 317 g/mol. The molecule has 1 heterocycles. The van der Waals surface area contributed by atoms with Crippen molar-refractivity contribution >= 4 is 17.0 Å². The van der Waals surface area contributed by atoms with Crippen LogP contribution in [0.4, 0.5) is 0 Å². The van der Waals surface area contributed by atoms with E-state index in [0.29, 0.717) is 28.6 Å². The van der Waals surface area contributed by atoms with E-state index in [4.69, 9.17) is 4.52 Å². The fourth-order valence-corrected chi connectivity index (χ4v) is 3.28. The molecule has 1 aromatic carbocycles. The third-order valence-electron chi connectivity index (χ3n) is 3.88. The fraction of sp³-hybridized carbons (Fsp3) is 0.412. The summed E-state index contributed by atoms with van der Waals surface area (Å²) in [6, 6.07) is 7.37. The first-order valence-corrected chi connectivity index (χ1v) is 8.90. The lowest BCUT2D eigenvalue weighted by Crippen LogP contribution is -2.18. The van der Waals surface area contributed by atoms with Crippen LogP contribution in [0.5, 0.6) is 0 Å². The van der Waals surface area contributed by atoms with Crippen molar-refractivity contribution in [3.8, 4) is 0 Å². The first kappa shape index (κ1) is 15.3. The van der Waals surface area contributed by atoms with Gasteiger partial charge in [0.25, 0.3) is 0 Å². The molecule has 0 N–H and O–H groups in total. The topological polar surface area (TPSA) is 66.2 Å². The van der Waals surface area contributed by atoms with Gasteiger partial charge in [-0.05, 0) is 37.9 Å². The van der Waals surface area contributed by atoms with Gasteiger partial charge in [-0.25, -0.2) is 0 Å². The number of hydrogen-bond donors (Lipinski definition) is 0. The third-order valence-corrected chi connectivity index (χ3v) is 5.52. The molecule has 1 atom stereocenters. The molecular formula is C17H19NO3S. The van der Waals surface area contributed by atoms with Crippen molar-refractivity contribution < 1.29 is 13.9 Å². The summed E-state index contributed by atoms with van der Waals surface area (Å²) >= 11 is -0.989. The zero-order chi connectivity index (χ0) is 15.7. The van der Waals surface area contributed by atoms with Gasteiger partial charge in [-0.2, -0.15) is 0 Å². The Bertz CT molecular complexity index is 676. The van der Waals surface area contributed by atoms with Gasteiger partial charge in [-0.15, -0.1) is 0 Å². The number of benzene rings is 1. The minimum Gasteiger partial charge on any atom is -0.616 e. The minimum absolute atomic E-state index is 0.0702. The van der Waals surface area contributed by atoms with Gasteiger partial charge in [0, 0.05) is 17.0 Å². The summed E-state index contributed by atoms with van der Waals surface area (Å²) < 4.78 is 17.4. The van der Waals surface area contributed by atoms with Gasteiger partial charge in [0.15, 0.2) is 11.5 Å². The predicted octanol–water partition coefficient (Wildman–Crippen LogP) is 3.44. The van der Waals surface area contributed by atoms with E-state index in [1.54, 1.807) is 6.07 Å². The summed E-state index contributed by atoms with van der Waals surface area (Å²) in [6.45, 7) is 3.84. The van der Waals surface area contributed by atoms with E-state index in [1.165, 1.54) is 6.20 Å². The maximum atomic E-state index is 12.8. The lowest BCUT2D eigenvalue weighted by Gasteiger charge is -2.16. The second kappa shape index (κ2) is 6.26. The van der Waals surface area contributed by atoms with E-state index in [2.05, 4.69) is 5.16 Å². The molecule has 1 saturated carbocycles. The number of carbonyl (C=O) groups is 1. The Morgan fingerprint density at radius 1 is 1.36 bits per heavy atom. The van der Waals surface area contributed by atoms with Crippen LogP contribution in [-0.2, 0) is 16.9 Å². The van der Waals surface area contributed by atoms with Crippen LogP contribution in [0.15, 0.2) is 35.0 Å². The summed E-state index contributed by atoms with van der Waals surface area (Å²) in [5.41, 5.74) is 1.97. The first-order valence-electron chi connectivity index (χ1n) is 7.52. The van der Waals surface area contributed by atoms with Crippen LogP contribution in [0, 0.1) is 0 Å². The van der Waals surface area contributed by atoms with Crippen LogP contribution in [0.3, 0.4) is 0 Å². The molecule has 0 bridgehead atoms. The molecule has 5 heteroatoms. The summed E-state index contributed by atoms with van der Waals surface area (Å²) in [5.74, 6) is 1.34. The van der Waals surface area contributed by atoms with Gasteiger partial charge in [-0.3, -0.25) is 4.79 Å². The van der Waals surface area contributed by atoms with E-state index in [1.807, 2.05) is 32.0 Å². The van der Waals surface area contributed by atoms with Crippen molar-refractivity contribution in [1.82, 2.24) is 5.16 Å². The molecule has 1 unspecified atom stereocenters. The molecule has 1 aliphatic rings. The highest BCUT2D eigenvalue weighted by atomic mass is 32.2. The number of carbonyl (C=O) groups excluding carboxylic acids is 1. The van der Waals surface area contributed by atoms with E-state index < -0.39 is 11.2 Å². The van der Waals surface area contributed by atoms with Crippen LogP contribution in [0.2, 0.25) is 0 Å². The third kappa shape index (κ3) is 3.10. The van der Waals surface area contributed by atoms with E-state index in [9.17, 15) is 9.35 Å². The zero-order valence-corrected chi connectivity index (χ0v) is 13.6. The molecule has 116 valence electrons. The largest absolute Gasteiger partial charge is 0.616 e. The molecule has 1 fully saturated rings. The molecule has 3 rings (SSSR count). The number of hydrogen-bond acceptors (Lipinski definition) is 4. The highest BCUT2D eigenvalue weighted by Crippen LogP contribution is 2.42. The van der Waals surface area contributed by atoms with Crippen molar-refractivity contribution in [2.75, 3.05) is 0 Å². The number of ketones is 1. The predicted molar refractivity (Wildman–Crippen MR) is 85.3 cm³/mol. The van der Waals surface area contributed by atoms with Gasteiger partial charge in [0.05, 0.1) is 11.8 Å². The maximum Gasteiger partial charge on any atom is 0.198 e. The van der Waals surface area contributed by atoms with Crippen molar-refractivity contribution in [1.29, 1.82) is 0 Å². The smallest absolute Gasteiger partial charge is 0.198 e. The summed E-state index contributed by atoms with van der Waals surface area (Å²) in [7, 11) is 0. The Hall–Kier alpha value is -1.59. The Morgan fingerprint density at radius 3 is 2.77 bits per heavy atom. The van der Waals surface area contributed by atoms with Crippen LogP contribution >= 0.6 is 0 Å². The number of nitrogens with zero attached hydrogens (tertiary/aromatic N) is 1. The quantitative estimate of drug-likeness (QED) is 0.604. The Labute approximate surface area is 133 Å². The van der Waals surface area contributed by atoms with Gasteiger partial charge in [-0.1, -0.05) is 29.4 Å². The summed E-state index contributed by atoms with van der Waals surface area (Å²) in [6.07, 6.45) is 3.61. The number of aromatic nitrogens is 1. The van der Waals surface area contributed by atoms with Crippen LogP contribution in [0.25, 0.3) is 0 Å². The zero-order valence-electron chi connectivity index (χ0n) is 12.7. The van der Waals surface area contributed by atoms with Crippen molar-refractivity contribution in [2.45, 2.75) is 43.6 Å². The normalized spacial score (nSPS) is 16.0. The van der Waals surface area contributed by atoms with E-state index >= 15 is 0 Å². The molecule has 2 aromatic rings. The van der Waals surface area contributed by atoms with Crippen molar-refractivity contribution in [2.24, 2.45) is 0 Å². The Morgan fingerprint density at radius 2 is 2.09 bits per heavy atom. The van der Waals surface area contributed by atoms with Crippen LogP contribution in [0.1, 0.15) is 59.9 Å². The van der Waals surface area contributed by atoms with E-state index in [0.717, 1.165) is 18.4 Å². The average Bonchev–Trinajstić information content (AvgIpc) is 3.24. The van der Waals surface area contributed by atoms with Gasteiger partial charge < -0.3 is 9.08 Å². The molecule has 1 aromatic heterocycles. The molecule has 0 radical (unpaired) electrons. The SMILES string of the molecule is CC(C)[S+]([O-])Cc1ccccc1C(=O)c1cnoc1C1CC1. The molecule has 4 nitrogen and oxygen atoms in total. The standard InChI is InChI=1S/C17H19NO3S/c1-11(2)22(20)10-13-5-3-4-6-14(13)16(19)15-9-18-21-17(15)12-7-8-12/h3-6,9,11-12H,7-8,10H2,1-2H3. The van der Waals surface area contributed by atoms with Gasteiger partial charge in [0.2, 0.25) is 0 Å². The molecule has 0 aliphatic heterocycles. The summed E-state index contributed by atoms with van der Waals surface area (Å²) in [4.78, 5) is 12.8. The van der Waals surface area contributed by atoms with Crippen molar-refractivity contribution in [3.05, 3.63) is 52.9 Å². The molecule has 0 amide bonds. The highest BCUT2D eigenvalue weighted by Gasteiger charge is 2.33. The second-order valence-corrected chi connectivity index (χ2v) is 7.93. The molecule has 22 heavy (non-hydrogen) atoms. The molecule has 0 saturated heterocycles. The van der Waals surface area contributed by atoms with Crippen molar-refractivity contribution in [3.63, 3.8) is 0 Å². The molecule has 0 spiro atoms. The summed E-state index contributed by atoms with van der Waals surface area (Å²) in [5, 5.41) is 3.86. The first-order chi connectivity index (χ1) is 10.6. The minimum atomic E-state index is -0.989. The van der Waals surface area contributed by atoms with E-state index in [-0.39, 0.29) is 11.0 Å². The second-order valence-electron chi connectivity index (χ2n) is 5.94. The van der Waals surface area contributed by atoms with Crippen LogP contribution in [-0.4, -0.2) is 20.7 Å². The lowest BCUT2D eigenvalue weighted by atomic mass is 9.99. The lowest BCUT2D eigenvalue weighted by molar-refractivity contribution is 0.103. The number of rotatable bonds is 6. The Balaban J connectivity index is 1.90. The highest BCUT2D eigenvalue weighted by molar-refractivity contribution is 7.91. The monoisotopic (exact) mass is 317 g/mol. The fourth-order valence-electron chi connectivity index (χ4n) is 2.39.